The quantitative estimate of drug-likeness (QED) is 0.620. The molecule has 11 heteroatoms. The van der Waals surface area contributed by atoms with Crippen molar-refractivity contribution in [3.05, 3.63) is 40.8 Å². The predicted octanol–water partition coefficient (Wildman–Crippen LogP) is 3.73. The van der Waals surface area contributed by atoms with Crippen LogP contribution in [0.15, 0.2) is 29.4 Å². The zero-order valence-corrected chi connectivity index (χ0v) is 15.8. The first-order valence-electron chi connectivity index (χ1n) is 7.70. The van der Waals surface area contributed by atoms with Gasteiger partial charge < -0.3 is 10.1 Å². The molecule has 1 N–H and O–H groups in total. The van der Waals surface area contributed by atoms with Crippen LogP contribution in [0.2, 0.25) is 5.02 Å². The minimum absolute atomic E-state index is 0.0266. The van der Waals surface area contributed by atoms with E-state index >= 15 is 0 Å². The Morgan fingerprint density at radius 1 is 1.33 bits per heavy atom. The van der Waals surface area contributed by atoms with Crippen LogP contribution >= 0.6 is 23.4 Å². The van der Waals surface area contributed by atoms with Crippen LogP contribution in [0.4, 0.5) is 14.5 Å². The van der Waals surface area contributed by atoms with Crippen LogP contribution in [-0.2, 0) is 4.79 Å². The molecule has 142 valence electrons. The van der Waals surface area contributed by atoms with Crippen LogP contribution < -0.4 is 10.1 Å². The van der Waals surface area contributed by atoms with Crippen molar-refractivity contribution in [3.8, 4) is 5.75 Å². The molecule has 2 heterocycles. The summed E-state index contributed by atoms with van der Waals surface area (Å²) < 4.78 is 30.5. The number of hydrogen-bond donors (Lipinski definition) is 1. The Kier molecular flexibility index (Phi) is 5.76. The maximum absolute atomic E-state index is 12.2. The van der Waals surface area contributed by atoms with E-state index in [9.17, 15) is 13.6 Å². The monoisotopic (exact) mass is 413 g/mol. The van der Waals surface area contributed by atoms with Gasteiger partial charge in [-0.1, -0.05) is 23.4 Å². The molecule has 0 saturated heterocycles. The van der Waals surface area contributed by atoms with Crippen molar-refractivity contribution in [1.29, 1.82) is 0 Å². The van der Waals surface area contributed by atoms with Gasteiger partial charge in [-0.2, -0.15) is 8.78 Å². The molecule has 0 saturated carbocycles. The predicted molar refractivity (Wildman–Crippen MR) is 97.7 cm³/mol. The van der Waals surface area contributed by atoms with Crippen molar-refractivity contribution in [2.24, 2.45) is 0 Å². The van der Waals surface area contributed by atoms with Gasteiger partial charge in [-0.25, -0.2) is 4.98 Å². The first-order valence-corrected chi connectivity index (χ1v) is 9.06. The zero-order valence-electron chi connectivity index (χ0n) is 14.2. The molecule has 0 atom stereocenters. The Balaban J connectivity index is 1.64. The zero-order chi connectivity index (χ0) is 19.6. The number of thioether (sulfide) groups is 1. The first kappa shape index (κ1) is 19.3. The third-order valence-electron chi connectivity index (χ3n) is 3.42. The van der Waals surface area contributed by atoms with Gasteiger partial charge in [0.2, 0.25) is 5.91 Å². The van der Waals surface area contributed by atoms with E-state index in [1.807, 2.05) is 13.8 Å². The number of amides is 1. The molecule has 0 spiro atoms. The number of ether oxygens (including phenoxy) is 1. The Hall–Kier alpha value is -2.46. The van der Waals surface area contributed by atoms with Gasteiger partial charge >= 0.3 is 6.61 Å². The van der Waals surface area contributed by atoms with E-state index in [-0.39, 0.29) is 22.4 Å². The molecule has 0 bridgehead atoms. The fourth-order valence-corrected chi connectivity index (χ4v) is 3.40. The van der Waals surface area contributed by atoms with Gasteiger partial charge in [-0.3, -0.25) is 9.20 Å². The fourth-order valence-electron chi connectivity index (χ4n) is 2.39. The average Bonchev–Trinajstić information content (AvgIpc) is 2.98. The molecule has 0 fully saturated rings. The number of nitrogens with zero attached hydrogens (tertiary/aromatic N) is 4. The number of carbonyl (C=O) groups excluding carboxylic acids is 1. The summed E-state index contributed by atoms with van der Waals surface area (Å²) in [6.07, 6.45) is 0. The van der Waals surface area contributed by atoms with Crippen molar-refractivity contribution in [1.82, 2.24) is 19.6 Å². The fraction of sp³-hybridized carbons (Fsp3) is 0.250. The highest BCUT2D eigenvalue weighted by molar-refractivity contribution is 7.99. The van der Waals surface area contributed by atoms with E-state index in [2.05, 4.69) is 25.2 Å². The first-order chi connectivity index (χ1) is 12.8. The van der Waals surface area contributed by atoms with E-state index in [0.717, 1.165) is 11.5 Å². The maximum atomic E-state index is 12.2. The summed E-state index contributed by atoms with van der Waals surface area (Å²) >= 11 is 7.07. The Morgan fingerprint density at radius 3 is 2.81 bits per heavy atom. The summed E-state index contributed by atoms with van der Waals surface area (Å²) in [7, 11) is 0. The molecule has 0 aliphatic heterocycles. The number of fused-ring (bicyclic) bond motifs is 1. The van der Waals surface area contributed by atoms with Crippen LogP contribution in [0, 0.1) is 13.8 Å². The lowest BCUT2D eigenvalue weighted by Gasteiger charge is -2.09. The van der Waals surface area contributed by atoms with Crippen LogP contribution in [0.5, 0.6) is 5.75 Å². The molecular weight excluding hydrogens is 400 g/mol. The summed E-state index contributed by atoms with van der Waals surface area (Å²) in [6, 6.07) is 5.83. The molecule has 1 aromatic carbocycles. The highest BCUT2D eigenvalue weighted by atomic mass is 35.5. The van der Waals surface area contributed by atoms with Gasteiger partial charge in [-0.15, -0.1) is 10.2 Å². The topological polar surface area (TPSA) is 81.4 Å². The van der Waals surface area contributed by atoms with Gasteiger partial charge in [0.1, 0.15) is 11.6 Å². The molecule has 0 unspecified atom stereocenters. The minimum Gasteiger partial charge on any atom is -0.433 e. The lowest BCUT2D eigenvalue weighted by molar-refractivity contribution is -0.113. The summed E-state index contributed by atoms with van der Waals surface area (Å²) in [4.78, 5) is 16.5. The minimum atomic E-state index is -2.97. The number of carbonyl (C=O) groups is 1. The Labute approximate surface area is 162 Å². The van der Waals surface area contributed by atoms with Crippen molar-refractivity contribution in [2.45, 2.75) is 25.6 Å². The summed E-state index contributed by atoms with van der Waals surface area (Å²) in [6.45, 7) is 0.725. The van der Waals surface area contributed by atoms with Crippen LogP contribution in [0.3, 0.4) is 0 Å². The Morgan fingerprint density at radius 2 is 2.11 bits per heavy atom. The second-order valence-corrected chi connectivity index (χ2v) is 6.83. The summed E-state index contributed by atoms with van der Waals surface area (Å²) in [5.74, 6) is 0.320. The molecular formula is C16H14ClF2N5O2S. The van der Waals surface area contributed by atoms with Crippen molar-refractivity contribution in [2.75, 3.05) is 11.1 Å². The molecule has 27 heavy (non-hydrogen) atoms. The lowest BCUT2D eigenvalue weighted by Crippen LogP contribution is -2.14. The lowest BCUT2D eigenvalue weighted by atomic mass is 10.3. The second kappa shape index (κ2) is 8.05. The van der Waals surface area contributed by atoms with E-state index in [1.54, 1.807) is 10.5 Å². The molecule has 2 aromatic heterocycles. The van der Waals surface area contributed by atoms with Crippen molar-refractivity contribution in [3.63, 3.8) is 0 Å². The number of nitrogens with one attached hydrogen (secondary N) is 1. The van der Waals surface area contributed by atoms with E-state index in [0.29, 0.717) is 16.5 Å². The van der Waals surface area contributed by atoms with Crippen LogP contribution in [0.25, 0.3) is 5.65 Å². The number of aryl methyl sites for hydroxylation is 2. The van der Waals surface area contributed by atoms with Crippen LogP contribution in [0.1, 0.15) is 11.5 Å². The highest BCUT2D eigenvalue weighted by Gasteiger charge is 2.13. The number of hydrogen-bond acceptors (Lipinski definition) is 6. The second-order valence-electron chi connectivity index (χ2n) is 5.48. The number of halogens is 3. The normalized spacial score (nSPS) is 11.2. The summed E-state index contributed by atoms with van der Waals surface area (Å²) in [5, 5.41) is 11.3. The standard InChI is InChI=1S/C16H14ClF2N5O2S/c1-8-5-13-22-23-16(24(13)9(2)20-8)27-7-14(25)21-10-3-4-12(11(17)6-10)26-15(18)19/h3-6,15H,7H2,1-2H3,(H,21,25). The largest absolute Gasteiger partial charge is 0.433 e. The highest BCUT2D eigenvalue weighted by Crippen LogP contribution is 2.29. The third kappa shape index (κ3) is 4.64. The average molecular weight is 414 g/mol. The smallest absolute Gasteiger partial charge is 0.387 e. The molecule has 1 amide bonds. The number of aromatic nitrogens is 4. The van der Waals surface area contributed by atoms with Gasteiger partial charge in [0.05, 0.1) is 10.8 Å². The molecule has 3 rings (SSSR count). The Bertz CT molecular complexity index is 998. The molecule has 0 radical (unpaired) electrons. The van der Waals surface area contributed by atoms with Crippen molar-refractivity contribution < 1.29 is 18.3 Å². The van der Waals surface area contributed by atoms with Gasteiger partial charge in [0.15, 0.2) is 10.8 Å². The maximum Gasteiger partial charge on any atom is 0.387 e. The van der Waals surface area contributed by atoms with E-state index < -0.39 is 6.61 Å². The number of alkyl halides is 2. The van der Waals surface area contributed by atoms with Gasteiger partial charge in [0.25, 0.3) is 0 Å². The number of anilines is 1. The van der Waals surface area contributed by atoms with Crippen LogP contribution in [-0.4, -0.2) is 37.9 Å². The number of rotatable bonds is 6. The van der Waals surface area contributed by atoms with E-state index in [4.69, 9.17) is 11.6 Å². The molecule has 7 nitrogen and oxygen atoms in total. The summed E-state index contributed by atoms with van der Waals surface area (Å²) in [5.41, 5.74) is 1.86. The molecule has 3 aromatic rings. The molecule has 0 aliphatic carbocycles. The van der Waals surface area contributed by atoms with Crippen molar-refractivity contribution >= 4 is 40.6 Å². The van der Waals surface area contributed by atoms with E-state index in [1.165, 1.54) is 30.0 Å². The van der Waals surface area contributed by atoms with Gasteiger partial charge in [0, 0.05) is 17.4 Å². The SMILES string of the molecule is Cc1cc2nnc(SCC(=O)Nc3ccc(OC(F)F)c(Cl)c3)n2c(C)n1. The number of benzene rings is 1. The molecule has 0 aliphatic rings. The third-order valence-corrected chi connectivity index (χ3v) is 4.65. The van der Waals surface area contributed by atoms with Gasteiger partial charge in [-0.05, 0) is 32.0 Å².